The second kappa shape index (κ2) is 4.40. The van der Waals surface area contributed by atoms with E-state index in [9.17, 15) is 0 Å². The van der Waals surface area contributed by atoms with E-state index in [-0.39, 0.29) is 0 Å². The summed E-state index contributed by atoms with van der Waals surface area (Å²) in [7, 11) is 0. The summed E-state index contributed by atoms with van der Waals surface area (Å²) in [6, 6.07) is 3.91. The molecular formula is C8H11ClO. The van der Waals surface area contributed by atoms with Crippen LogP contribution >= 0.6 is 11.6 Å². The highest BCUT2D eigenvalue weighted by atomic mass is 35.5. The summed E-state index contributed by atoms with van der Waals surface area (Å²) in [4.78, 5) is 0. The summed E-state index contributed by atoms with van der Waals surface area (Å²) in [6.07, 6.45) is 4.91. The maximum Gasteiger partial charge on any atom is 0.103 e. The van der Waals surface area contributed by atoms with Crippen LogP contribution in [0.2, 0.25) is 0 Å². The van der Waals surface area contributed by atoms with E-state index in [0.717, 1.165) is 30.9 Å². The molecule has 0 saturated heterocycles. The summed E-state index contributed by atoms with van der Waals surface area (Å²) in [5.41, 5.74) is 0. The molecule has 0 saturated carbocycles. The van der Waals surface area contributed by atoms with Gasteiger partial charge < -0.3 is 4.42 Å². The maximum atomic E-state index is 5.51. The van der Waals surface area contributed by atoms with Crippen LogP contribution in [0.5, 0.6) is 0 Å². The molecule has 0 fully saturated rings. The second-order valence-corrected chi connectivity index (χ2v) is 2.60. The van der Waals surface area contributed by atoms with Gasteiger partial charge in [0.15, 0.2) is 0 Å². The van der Waals surface area contributed by atoms with Gasteiger partial charge in [-0.2, -0.15) is 0 Å². The van der Waals surface area contributed by atoms with E-state index in [1.165, 1.54) is 0 Å². The van der Waals surface area contributed by atoms with E-state index in [2.05, 4.69) is 0 Å². The van der Waals surface area contributed by atoms with Crippen molar-refractivity contribution in [3.05, 3.63) is 24.2 Å². The van der Waals surface area contributed by atoms with Crippen LogP contribution in [0.15, 0.2) is 22.8 Å². The lowest BCUT2D eigenvalue weighted by molar-refractivity contribution is 0.501. The average Bonchev–Trinajstić information content (AvgIpc) is 2.41. The number of halogens is 1. The minimum absolute atomic E-state index is 0.751. The van der Waals surface area contributed by atoms with E-state index in [4.69, 9.17) is 16.0 Å². The molecule has 0 amide bonds. The summed E-state index contributed by atoms with van der Waals surface area (Å²) < 4.78 is 5.14. The number of furan rings is 1. The van der Waals surface area contributed by atoms with Crippen molar-refractivity contribution in [1.29, 1.82) is 0 Å². The topological polar surface area (TPSA) is 13.1 Å². The Balaban J connectivity index is 2.15. The molecule has 2 heteroatoms. The monoisotopic (exact) mass is 158 g/mol. The van der Waals surface area contributed by atoms with E-state index in [0.29, 0.717) is 0 Å². The van der Waals surface area contributed by atoms with Crippen molar-refractivity contribution in [3.63, 3.8) is 0 Å². The number of hydrogen-bond donors (Lipinski definition) is 0. The zero-order chi connectivity index (χ0) is 7.23. The number of alkyl halides is 1. The molecule has 0 radical (unpaired) electrons. The number of aryl methyl sites for hydroxylation is 1. The van der Waals surface area contributed by atoms with E-state index in [1.807, 2.05) is 12.1 Å². The lowest BCUT2D eigenvalue weighted by atomic mass is 10.2. The van der Waals surface area contributed by atoms with Crippen molar-refractivity contribution >= 4 is 11.6 Å². The fourth-order valence-corrected chi connectivity index (χ4v) is 1.04. The highest BCUT2D eigenvalue weighted by Gasteiger charge is 1.93. The largest absolute Gasteiger partial charge is 0.469 e. The molecule has 1 aromatic heterocycles. The number of rotatable bonds is 4. The Hall–Kier alpha value is -0.430. The third kappa shape index (κ3) is 2.44. The van der Waals surface area contributed by atoms with Crippen LogP contribution in [0, 0.1) is 0 Å². The molecule has 10 heavy (non-hydrogen) atoms. The molecule has 0 spiro atoms. The fraction of sp³-hybridized carbons (Fsp3) is 0.500. The van der Waals surface area contributed by atoms with Gasteiger partial charge in [0.1, 0.15) is 5.76 Å². The lowest BCUT2D eigenvalue weighted by Crippen LogP contribution is -1.82. The van der Waals surface area contributed by atoms with E-state index >= 15 is 0 Å². The molecule has 0 bridgehead atoms. The van der Waals surface area contributed by atoms with E-state index < -0.39 is 0 Å². The first-order valence-corrected chi connectivity index (χ1v) is 4.05. The van der Waals surface area contributed by atoms with Gasteiger partial charge in [-0.3, -0.25) is 0 Å². The smallest absolute Gasteiger partial charge is 0.103 e. The Kier molecular flexibility index (Phi) is 3.37. The first-order chi connectivity index (χ1) is 4.93. The lowest BCUT2D eigenvalue weighted by Gasteiger charge is -1.92. The molecule has 0 N–H and O–H groups in total. The Morgan fingerprint density at radius 1 is 1.40 bits per heavy atom. The van der Waals surface area contributed by atoms with Crippen LogP contribution in [0.4, 0.5) is 0 Å². The minimum atomic E-state index is 0.751. The molecule has 1 heterocycles. The molecule has 56 valence electrons. The van der Waals surface area contributed by atoms with Gasteiger partial charge in [-0.05, 0) is 25.0 Å². The standard InChI is InChI=1S/C8H11ClO/c9-6-2-1-4-8-5-3-7-10-8/h3,5,7H,1-2,4,6H2. The number of hydrogen-bond acceptors (Lipinski definition) is 1. The van der Waals surface area contributed by atoms with Gasteiger partial charge in [0.05, 0.1) is 6.26 Å². The van der Waals surface area contributed by atoms with Gasteiger partial charge in [0.25, 0.3) is 0 Å². The fourth-order valence-electron chi connectivity index (χ4n) is 0.849. The van der Waals surface area contributed by atoms with Crippen LogP contribution < -0.4 is 0 Å². The van der Waals surface area contributed by atoms with Gasteiger partial charge in [-0.1, -0.05) is 0 Å². The van der Waals surface area contributed by atoms with Crippen LogP contribution in [0.3, 0.4) is 0 Å². The van der Waals surface area contributed by atoms with Crippen molar-refractivity contribution in [2.75, 3.05) is 5.88 Å². The Morgan fingerprint density at radius 2 is 2.30 bits per heavy atom. The highest BCUT2D eigenvalue weighted by Crippen LogP contribution is 2.05. The first kappa shape index (κ1) is 7.67. The molecule has 0 aliphatic rings. The molecular weight excluding hydrogens is 148 g/mol. The van der Waals surface area contributed by atoms with Crippen LogP contribution in [0.1, 0.15) is 18.6 Å². The van der Waals surface area contributed by atoms with Gasteiger partial charge in [-0.25, -0.2) is 0 Å². The summed E-state index contributed by atoms with van der Waals surface area (Å²) in [6.45, 7) is 0. The predicted molar refractivity (Wildman–Crippen MR) is 42.4 cm³/mol. The average molecular weight is 159 g/mol. The highest BCUT2D eigenvalue weighted by molar-refractivity contribution is 6.17. The van der Waals surface area contributed by atoms with Crippen molar-refractivity contribution < 1.29 is 4.42 Å². The molecule has 1 rings (SSSR count). The quantitative estimate of drug-likeness (QED) is 0.485. The van der Waals surface area contributed by atoms with Gasteiger partial charge in [-0.15, -0.1) is 11.6 Å². The SMILES string of the molecule is ClCCCCc1ccco1. The third-order valence-corrected chi connectivity index (χ3v) is 1.65. The summed E-state index contributed by atoms with van der Waals surface area (Å²) in [5.74, 6) is 1.81. The Labute approximate surface area is 66.0 Å². The molecule has 1 nitrogen and oxygen atoms in total. The molecule has 0 aliphatic carbocycles. The zero-order valence-corrected chi connectivity index (χ0v) is 6.60. The molecule has 0 unspecified atom stereocenters. The predicted octanol–water partition coefficient (Wildman–Crippen LogP) is 2.84. The van der Waals surface area contributed by atoms with Crippen molar-refractivity contribution in [2.45, 2.75) is 19.3 Å². The molecule has 0 atom stereocenters. The van der Waals surface area contributed by atoms with Gasteiger partial charge >= 0.3 is 0 Å². The first-order valence-electron chi connectivity index (χ1n) is 3.52. The van der Waals surface area contributed by atoms with E-state index in [1.54, 1.807) is 6.26 Å². The zero-order valence-electron chi connectivity index (χ0n) is 5.85. The molecule has 0 aliphatic heterocycles. The Morgan fingerprint density at radius 3 is 2.90 bits per heavy atom. The van der Waals surface area contributed by atoms with Crippen LogP contribution in [0.25, 0.3) is 0 Å². The van der Waals surface area contributed by atoms with Crippen molar-refractivity contribution in [3.8, 4) is 0 Å². The van der Waals surface area contributed by atoms with Crippen LogP contribution in [-0.4, -0.2) is 5.88 Å². The summed E-state index contributed by atoms with van der Waals surface area (Å²) in [5, 5.41) is 0. The maximum absolute atomic E-state index is 5.51. The Bertz CT molecular complexity index is 158. The van der Waals surface area contributed by atoms with Gasteiger partial charge in [0, 0.05) is 12.3 Å². The third-order valence-electron chi connectivity index (χ3n) is 1.39. The molecule has 0 aromatic carbocycles. The van der Waals surface area contributed by atoms with Crippen LogP contribution in [-0.2, 0) is 6.42 Å². The second-order valence-electron chi connectivity index (χ2n) is 2.23. The number of unbranched alkanes of at least 4 members (excludes halogenated alkanes) is 1. The summed E-state index contributed by atoms with van der Waals surface area (Å²) >= 11 is 5.51. The van der Waals surface area contributed by atoms with Crippen molar-refractivity contribution in [1.82, 2.24) is 0 Å². The van der Waals surface area contributed by atoms with Crippen molar-refractivity contribution in [2.24, 2.45) is 0 Å². The van der Waals surface area contributed by atoms with Gasteiger partial charge in [0.2, 0.25) is 0 Å². The minimum Gasteiger partial charge on any atom is -0.469 e. The molecule has 1 aromatic rings. The normalized spacial score (nSPS) is 10.1.